The first kappa shape index (κ1) is 31.7. The van der Waals surface area contributed by atoms with Gasteiger partial charge in [0, 0.05) is 48.7 Å². The monoisotopic (exact) mass is 739 g/mol. The molecule has 12 aromatic rings. The first-order chi connectivity index (χ1) is 28.6. The second-order valence-corrected chi connectivity index (χ2v) is 14.5. The van der Waals surface area contributed by atoms with Crippen LogP contribution >= 0.6 is 0 Å². The van der Waals surface area contributed by atoms with Crippen LogP contribution in [0, 0.1) is 29.2 Å². The highest BCUT2D eigenvalue weighted by Gasteiger charge is 2.25. The topological polar surface area (TPSA) is 88.1 Å². The number of furan rings is 2. The van der Waals surface area contributed by atoms with Crippen LogP contribution in [0.1, 0.15) is 11.1 Å². The van der Waals surface area contributed by atoms with Crippen molar-refractivity contribution in [2.75, 3.05) is 0 Å². The smallest absolute Gasteiger partial charge is 0.211 e. The fourth-order valence-corrected chi connectivity index (χ4v) is 9.18. The summed E-state index contributed by atoms with van der Waals surface area (Å²) in [6, 6.07) is 54.9. The molecule has 0 N–H and O–H groups in total. The molecule has 0 fully saturated rings. The van der Waals surface area contributed by atoms with Gasteiger partial charge in [-0.2, -0.15) is 10.5 Å². The summed E-state index contributed by atoms with van der Waals surface area (Å²) in [4.78, 5) is 4.05. The Kier molecular flexibility index (Phi) is 6.41. The van der Waals surface area contributed by atoms with Crippen molar-refractivity contribution in [1.82, 2.24) is 9.13 Å². The maximum Gasteiger partial charge on any atom is 0.211 e. The quantitative estimate of drug-likeness (QED) is 0.169. The maximum atomic E-state index is 11.1. The lowest BCUT2D eigenvalue weighted by Gasteiger charge is -2.19. The SMILES string of the molecule is [C-]#[N+]c1cccc(-c2ccc(-n3c4ccccc4c4cc5oc6ccccc6c5cc43)c(C#N)c2C#N)c1-n1c2ccccc2c2cc3oc4ccccc4c3cc21. The molecule has 0 saturated carbocycles. The Morgan fingerprint density at radius 1 is 0.431 bits per heavy atom. The lowest BCUT2D eigenvalue weighted by molar-refractivity contribution is 0.669. The summed E-state index contributed by atoms with van der Waals surface area (Å²) in [5, 5.41) is 30.0. The molecule has 0 amide bonds. The average Bonchev–Trinajstić information content (AvgIpc) is 4.01. The predicted molar refractivity (Wildman–Crippen MR) is 231 cm³/mol. The number of hydrogen-bond acceptors (Lipinski definition) is 4. The van der Waals surface area contributed by atoms with Gasteiger partial charge in [-0.05, 0) is 60.2 Å². The zero-order valence-corrected chi connectivity index (χ0v) is 30.5. The molecule has 7 heteroatoms. The van der Waals surface area contributed by atoms with Gasteiger partial charge in [-0.15, -0.1) is 0 Å². The van der Waals surface area contributed by atoms with Crippen LogP contribution in [0.15, 0.2) is 160 Å². The van der Waals surface area contributed by atoms with Gasteiger partial charge < -0.3 is 18.0 Å². The second-order valence-electron chi connectivity index (χ2n) is 14.5. The van der Waals surface area contributed by atoms with E-state index in [2.05, 4.69) is 80.7 Å². The van der Waals surface area contributed by atoms with E-state index in [4.69, 9.17) is 15.4 Å². The van der Waals surface area contributed by atoms with Gasteiger partial charge in [0.05, 0.1) is 51.1 Å². The zero-order valence-electron chi connectivity index (χ0n) is 30.5. The number of benzene rings is 8. The predicted octanol–water partition coefficient (Wildman–Crippen LogP) is 13.6. The van der Waals surface area contributed by atoms with Gasteiger partial charge in [-0.1, -0.05) is 97.1 Å². The summed E-state index contributed by atoms with van der Waals surface area (Å²) in [6.45, 7) is 8.40. The van der Waals surface area contributed by atoms with Crippen LogP contribution in [-0.2, 0) is 0 Å². The highest BCUT2D eigenvalue weighted by atomic mass is 16.3. The number of rotatable bonds is 3. The van der Waals surface area contributed by atoms with E-state index in [9.17, 15) is 10.5 Å². The van der Waals surface area contributed by atoms with E-state index in [1.807, 2.05) is 97.1 Å². The summed E-state index contributed by atoms with van der Waals surface area (Å²) in [5.74, 6) is 0. The van der Waals surface area contributed by atoms with Crippen LogP contribution < -0.4 is 0 Å². The average molecular weight is 740 g/mol. The van der Waals surface area contributed by atoms with Crippen LogP contribution in [0.25, 0.3) is 115 Å². The van der Waals surface area contributed by atoms with E-state index in [0.717, 1.165) is 87.5 Å². The van der Waals surface area contributed by atoms with E-state index in [1.54, 1.807) is 0 Å². The van der Waals surface area contributed by atoms with Crippen molar-refractivity contribution >= 4 is 93.2 Å². The molecule has 0 spiro atoms. The Balaban J connectivity index is 1.15. The van der Waals surface area contributed by atoms with Crippen molar-refractivity contribution in [3.8, 4) is 34.6 Å². The van der Waals surface area contributed by atoms with E-state index in [1.165, 1.54) is 0 Å². The molecule has 0 radical (unpaired) electrons. The van der Waals surface area contributed by atoms with E-state index in [-0.39, 0.29) is 11.1 Å². The molecule has 12 rings (SSSR count). The van der Waals surface area contributed by atoms with Crippen LogP contribution in [0.3, 0.4) is 0 Å². The molecule has 8 aromatic carbocycles. The molecule has 0 unspecified atom stereocenters. The van der Waals surface area contributed by atoms with Crippen LogP contribution in [0.5, 0.6) is 0 Å². The molecule has 0 aliphatic heterocycles. The molecule has 4 heterocycles. The number of hydrogen-bond donors (Lipinski definition) is 0. The molecule has 0 aliphatic rings. The fourth-order valence-electron chi connectivity index (χ4n) is 9.18. The summed E-state index contributed by atoms with van der Waals surface area (Å²) in [5.41, 5.74) is 10.1. The molecule has 0 aliphatic carbocycles. The minimum atomic E-state index is 0.230. The lowest BCUT2D eigenvalue weighted by Crippen LogP contribution is -2.03. The van der Waals surface area contributed by atoms with Crippen LogP contribution in [0.2, 0.25) is 0 Å². The number of fused-ring (bicyclic) bond motifs is 12. The van der Waals surface area contributed by atoms with Gasteiger partial charge in [-0.25, -0.2) is 4.85 Å². The third kappa shape index (κ3) is 4.18. The van der Waals surface area contributed by atoms with Crippen molar-refractivity contribution in [2.45, 2.75) is 0 Å². The Morgan fingerprint density at radius 2 is 0.966 bits per heavy atom. The third-order valence-electron chi connectivity index (χ3n) is 11.6. The Labute approximate surface area is 329 Å². The summed E-state index contributed by atoms with van der Waals surface area (Å²) in [7, 11) is 0. The Morgan fingerprint density at radius 3 is 1.55 bits per heavy atom. The number of aromatic nitrogens is 2. The number of nitriles is 2. The van der Waals surface area contributed by atoms with Gasteiger partial charge in [0.25, 0.3) is 0 Å². The van der Waals surface area contributed by atoms with Crippen molar-refractivity contribution in [3.05, 3.63) is 174 Å². The van der Waals surface area contributed by atoms with Gasteiger partial charge in [0.2, 0.25) is 5.69 Å². The molecule has 58 heavy (non-hydrogen) atoms. The van der Waals surface area contributed by atoms with E-state index in [0.29, 0.717) is 28.2 Å². The summed E-state index contributed by atoms with van der Waals surface area (Å²) >= 11 is 0. The highest BCUT2D eigenvalue weighted by Crippen LogP contribution is 2.45. The standard InChI is InChI=1S/C51H25N5O2/c1-54-41-16-10-15-34(51(41)56-43-18-7-3-12-31(43)36-26-50-38(24-46(36)56)33-14-5-9-20-48(33)58-50)29-21-22-44(40(28-53)39(29)27-52)55-42-17-6-2-11-30(42)35-25-49-37(23-45(35)55)32-13-4-8-19-47(32)57-49/h2-26H. The normalized spacial score (nSPS) is 11.7. The summed E-state index contributed by atoms with van der Waals surface area (Å²) < 4.78 is 16.8. The van der Waals surface area contributed by atoms with Gasteiger partial charge >= 0.3 is 0 Å². The largest absolute Gasteiger partial charge is 0.456 e. The molecule has 0 saturated heterocycles. The maximum absolute atomic E-state index is 11.1. The van der Waals surface area contributed by atoms with Gasteiger partial charge in [0.1, 0.15) is 34.5 Å². The number of para-hydroxylation sites is 5. The minimum Gasteiger partial charge on any atom is -0.456 e. The molecule has 4 aromatic heterocycles. The van der Waals surface area contributed by atoms with Gasteiger partial charge in [-0.3, -0.25) is 0 Å². The van der Waals surface area contributed by atoms with Crippen molar-refractivity contribution in [3.63, 3.8) is 0 Å². The van der Waals surface area contributed by atoms with Gasteiger partial charge in [0.15, 0.2) is 0 Å². The van der Waals surface area contributed by atoms with E-state index < -0.39 is 0 Å². The molecular formula is C51H25N5O2. The summed E-state index contributed by atoms with van der Waals surface area (Å²) in [6.07, 6.45) is 0. The molecular weight excluding hydrogens is 715 g/mol. The van der Waals surface area contributed by atoms with Crippen molar-refractivity contribution in [2.24, 2.45) is 0 Å². The molecule has 7 nitrogen and oxygen atoms in total. The highest BCUT2D eigenvalue weighted by molar-refractivity contribution is 6.19. The van der Waals surface area contributed by atoms with Crippen molar-refractivity contribution < 1.29 is 8.83 Å². The van der Waals surface area contributed by atoms with Crippen LogP contribution in [-0.4, -0.2) is 9.13 Å². The second kappa shape index (κ2) is 11.7. The van der Waals surface area contributed by atoms with E-state index >= 15 is 0 Å². The van der Waals surface area contributed by atoms with Crippen LogP contribution in [0.4, 0.5) is 5.69 Å². The number of nitrogens with zero attached hydrogens (tertiary/aromatic N) is 5. The zero-order chi connectivity index (χ0) is 38.6. The Bertz CT molecular complexity index is 3910. The Hall–Kier alpha value is -8.57. The molecule has 0 atom stereocenters. The van der Waals surface area contributed by atoms with Crippen molar-refractivity contribution in [1.29, 1.82) is 10.5 Å². The lowest BCUT2D eigenvalue weighted by atomic mass is 9.93. The minimum absolute atomic E-state index is 0.230. The molecule has 266 valence electrons. The molecule has 0 bridgehead atoms. The first-order valence-corrected chi connectivity index (χ1v) is 18.8. The first-order valence-electron chi connectivity index (χ1n) is 18.8. The third-order valence-corrected chi connectivity index (χ3v) is 11.6. The fraction of sp³-hybridized carbons (Fsp3) is 0.